The molecular weight excluding hydrogens is 276 g/mol. The predicted octanol–water partition coefficient (Wildman–Crippen LogP) is 3.86. The Bertz CT molecular complexity index is 513. The molecule has 2 aliphatic carbocycles. The van der Waals surface area contributed by atoms with Gasteiger partial charge in [0.25, 0.3) is 0 Å². The molecule has 0 N–H and O–H groups in total. The maximum absolute atomic E-state index is 11.6. The molecule has 0 spiro atoms. The number of rotatable bonds is 5. The second-order valence-corrected chi connectivity index (χ2v) is 6.35. The van der Waals surface area contributed by atoms with Gasteiger partial charge in [-0.05, 0) is 57.4 Å². The molecular formula is C19H26O3. The molecule has 0 amide bonds. The van der Waals surface area contributed by atoms with Gasteiger partial charge in [0.2, 0.25) is 0 Å². The van der Waals surface area contributed by atoms with Crippen LogP contribution in [0.25, 0.3) is 0 Å². The number of fused-ring (bicyclic) bond motifs is 1. The number of carbonyl (C=O) groups is 2. The van der Waals surface area contributed by atoms with Crippen LogP contribution in [0, 0.1) is 23.7 Å². The highest BCUT2D eigenvalue weighted by Crippen LogP contribution is 2.47. The van der Waals surface area contributed by atoms with Crippen LogP contribution in [0.2, 0.25) is 0 Å². The van der Waals surface area contributed by atoms with Gasteiger partial charge in [0.05, 0.1) is 6.61 Å². The number of hydrogen-bond acceptors (Lipinski definition) is 3. The van der Waals surface area contributed by atoms with Crippen molar-refractivity contribution in [2.45, 2.75) is 40.0 Å². The van der Waals surface area contributed by atoms with E-state index in [1.54, 1.807) is 19.1 Å². The van der Waals surface area contributed by atoms with Crippen LogP contribution >= 0.6 is 0 Å². The number of esters is 1. The van der Waals surface area contributed by atoms with E-state index in [-0.39, 0.29) is 23.6 Å². The Kier molecular flexibility index (Phi) is 5.76. The first-order valence-corrected chi connectivity index (χ1v) is 8.25. The zero-order chi connectivity index (χ0) is 16.1. The molecule has 2 aliphatic rings. The highest BCUT2D eigenvalue weighted by Gasteiger charge is 2.38. The van der Waals surface area contributed by atoms with E-state index in [4.69, 9.17) is 4.74 Å². The number of ether oxygens (including phenoxy) is 1. The highest BCUT2D eigenvalue weighted by molar-refractivity contribution is 5.87. The smallest absolute Gasteiger partial charge is 0.330 e. The van der Waals surface area contributed by atoms with E-state index in [0.717, 1.165) is 0 Å². The van der Waals surface area contributed by atoms with Crippen molar-refractivity contribution in [3.63, 3.8) is 0 Å². The molecule has 0 heterocycles. The first-order chi connectivity index (χ1) is 10.5. The quantitative estimate of drug-likeness (QED) is 0.440. The standard InChI is InChI=1S/C19H26O3/c1-4-22-19(21)11-10-18-16(9-8-14(3)20)13(2)12-15-6-5-7-17(15)18/h8-12,15-18H,4-7H2,1-3H3/b9-8+,11-10+/t15-,16+,17+,18+/m1/s1. The molecule has 0 aromatic rings. The second-order valence-electron chi connectivity index (χ2n) is 6.35. The fourth-order valence-corrected chi connectivity index (χ4v) is 3.88. The Hall–Kier alpha value is -1.64. The normalized spacial score (nSPS) is 31.3. The van der Waals surface area contributed by atoms with Gasteiger partial charge in [0, 0.05) is 12.0 Å². The van der Waals surface area contributed by atoms with Gasteiger partial charge < -0.3 is 4.74 Å². The molecule has 0 aromatic carbocycles. The number of carbonyl (C=O) groups excluding carboxylic acids is 2. The summed E-state index contributed by atoms with van der Waals surface area (Å²) in [5, 5.41) is 0. The summed E-state index contributed by atoms with van der Waals surface area (Å²) in [6.07, 6.45) is 13.3. The minimum atomic E-state index is -0.279. The van der Waals surface area contributed by atoms with Gasteiger partial charge in [0.15, 0.2) is 5.78 Å². The van der Waals surface area contributed by atoms with E-state index in [0.29, 0.717) is 18.4 Å². The maximum atomic E-state index is 11.6. The summed E-state index contributed by atoms with van der Waals surface area (Å²) in [5.41, 5.74) is 1.30. The molecule has 2 rings (SSSR count). The summed E-state index contributed by atoms with van der Waals surface area (Å²) in [5.74, 6) is 1.44. The van der Waals surface area contributed by atoms with Gasteiger partial charge in [-0.3, -0.25) is 4.79 Å². The zero-order valence-electron chi connectivity index (χ0n) is 13.7. The Morgan fingerprint density at radius 2 is 2.05 bits per heavy atom. The monoisotopic (exact) mass is 302 g/mol. The molecule has 0 unspecified atom stereocenters. The Morgan fingerprint density at radius 1 is 1.27 bits per heavy atom. The van der Waals surface area contributed by atoms with Gasteiger partial charge in [0.1, 0.15) is 0 Å². The highest BCUT2D eigenvalue weighted by atomic mass is 16.5. The van der Waals surface area contributed by atoms with Gasteiger partial charge in [-0.1, -0.05) is 30.2 Å². The lowest BCUT2D eigenvalue weighted by Crippen LogP contribution is -2.29. The minimum absolute atomic E-state index is 0.0643. The van der Waals surface area contributed by atoms with E-state index in [2.05, 4.69) is 13.0 Å². The molecule has 1 fully saturated rings. The lowest BCUT2D eigenvalue weighted by atomic mass is 9.68. The van der Waals surface area contributed by atoms with Crippen LogP contribution in [0.1, 0.15) is 40.0 Å². The summed E-state index contributed by atoms with van der Waals surface area (Å²) >= 11 is 0. The average molecular weight is 302 g/mol. The number of ketones is 1. The van der Waals surface area contributed by atoms with Crippen molar-refractivity contribution in [3.8, 4) is 0 Å². The fraction of sp³-hybridized carbons (Fsp3) is 0.579. The summed E-state index contributed by atoms with van der Waals surface area (Å²) in [6.45, 7) is 5.91. The van der Waals surface area contributed by atoms with Crippen LogP contribution in [-0.4, -0.2) is 18.4 Å². The lowest BCUT2D eigenvalue weighted by molar-refractivity contribution is -0.137. The van der Waals surface area contributed by atoms with Crippen molar-refractivity contribution in [3.05, 3.63) is 36.0 Å². The lowest BCUT2D eigenvalue weighted by Gasteiger charge is -2.36. The summed E-state index contributed by atoms with van der Waals surface area (Å²) < 4.78 is 4.99. The van der Waals surface area contributed by atoms with Crippen molar-refractivity contribution in [1.29, 1.82) is 0 Å². The summed E-state index contributed by atoms with van der Waals surface area (Å²) in [4.78, 5) is 22.9. The van der Waals surface area contributed by atoms with Gasteiger partial charge >= 0.3 is 5.97 Å². The second kappa shape index (κ2) is 7.57. The molecule has 4 atom stereocenters. The average Bonchev–Trinajstić information content (AvgIpc) is 2.91. The minimum Gasteiger partial charge on any atom is -0.463 e. The SMILES string of the molecule is CCOC(=O)/C=C/[C@@H]1[C@H]2CCC[C@@H]2C=C(C)[C@@H]1/C=C/C(C)=O. The summed E-state index contributed by atoms with van der Waals surface area (Å²) in [6, 6.07) is 0. The van der Waals surface area contributed by atoms with E-state index in [1.807, 2.05) is 19.1 Å². The third kappa shape index (κ3) is 3.96. The first kappa shape index (κ1) is 16.7. The van der Waals surface area contributed by atoms with Crippen LogP contribution in [0.4, 0.5) is 0 Å². The Balaban J connectivity index is 2.24. The van der Waals surface area contributed by atoms with Crippen LogP contribution < -0.4 is 0 Å². The largest absolute Gasteiger partial charge is 0.463 e. The molecule has 3 nitrogen and oxygen atoms in total. The van der Waals surface area contributed by atoms with E-state index < -0.39 is 0 Å². The maximum Gasteiger partial charge on any atom is 0.330 e. The third-order valence-electron chi connectivity index (χ3n) is 4.82. The fourth-order valence-electron chi connectivity index (χ4n) is 3.88. The first-order valence-electron chi connectivity index (χ1n) is 8.25. The van der Waals surface area contributed by atoms with Crippen molar-refractivity contribution < 1.29 is 14.3 Å². The molecule has 3 heteroatoms. The van der Waals surface area contributed by atoms with Crippen LogP contribution in [0.15, 0.2) is 36.0 Å². The van der Waals surface area contributed by atoms with E-state index >= 15 is 0 Å². The third-order valence-corrected chi connectivity index (χ3v) is 4.82. The molecule has 0 aliphatic heterocycles. The molecule has 120 valence electrons. The zero-order valence-corrected chi connectivity index (χ0v) is 13.7. The molecule has 0 saturated heterocycles. The van der Waals surface area contributed by atoms with Crippen molar-refractivity contribution in [2.75, 3.05) is 6.61 Å². The number of allylic oxidation sites excluding steroid dienone is 5. The van der Waals surface area contributed by atoms with Gasteiger partial charge in [-0.15, -0.1) is 0 Å². The van der Waals surface area contributed by atoms with Crippen molar-refractivity contribution in [2.24, 2.45) is 23.7 Å². The van der Waals surface area contributed by atoms with Crippen molar-refractivity contribution >= 4 is 11.8 Å². The van der Waals surface area contributed by atoms with E-state index in [1.165, 1.54) is 24.8 Å². The topological polar surface area (TPSA) is 43.4 Å². The number of hydrogen-bond donors (Lipinski definition) is 0. The summed E-state index contributed by atoms with van der Waals surface area (Å²) in [7, 11) is 0. The van der Waals surface area contributed by atoms with Crippen molar-refractivity contribution in [1.82, 2.24) is 0 Å². The Morgan fingerprint density at radius 3 is 2.73 bits per heavy atom. The Labute approximate surface area is 133 Å². The molecule has 22 heavy (non-hydrogen) atoms. The molecule has 1 saturated carbocycles. The predicted molar refractivity (Wildman–Crippen MR) is 87.2 cm³/mol. The molecule has 0 bridgehead atoms. The van der Waals surface area contributed by atoms with Crippen LogP contribution in [0.5, 0.6) is 0 Å². The van der Waals surface area contributed by atoms with Gasteiger partial charge in [-0.25, -0.2) is 4.79 Å². The van der Waals surface area contributed by atoms with Gasteiger partial charge in [-0.2, -0.15) is 0 Å². The molecule has 0 aromatic heterocycles. The van der Waals surface area contributed by atoms with E-state index in [9.17, 15) is 9.59 Å². The van der Waals surface area contributed by atoms with Crippen LogP contribution in [-0.2, 0) is 14.3 Å². The van der Waals surface area contributed by atoms with Crippen LogP contribution in [0.3, 0.4) is 0 Å². The molecule has 0 radical (unpaired) electrons.